The first-order chi connectivity index (χ1) is 8.04. The van der Waals surface area contributed by atoms with E-state index in [1.807, 2.05) is 0 Å². The van der Waals surface area contributed by atoms with Crippen molar-refractivity contribution in [1.29, 1.82) is 0 Å². The van der Waals surface area contributed by atoms with E-state index in [0.717, 1.165) is 25.7 Å². The zero-order valence-electron chi connectivity index (χ0n) is 12.6. The van der Waals surface area contributed by atoms with Crippen LogP contribution in [-0.2, 0) is 4.79 Å². The Labute approximate surface area is 112 Å². The summed E-state index contributed by atoms with van der Waals surface area (Å²) in [5.74, 6) is -0.760. The number of aliphatic hydroxyl groups excluding tert-OH is 1. The summed E-state index contributed by atoms with van der Waals surface area (Å²) >= 11 is 0. The quantitative estimate of drug-likeness (QED) is 0.695. The van der Waals surface area contributed by atoms with Crippen molar-refractivity contribution >= 4 is 5.97 Å². The Morgan fingerprint density at radius 2 is 1.44 bits per heavy atom. The molecule has 3 nitrogen and oxygen atoms in total. The van der Waals surface area contributed by atoms with Crippen LogP contribution >= 0.6 is 0 Å². The molecule has 0 aliphatic heterocycles. The molecule has 0 radical (unpaired) electrons. The SMILES string of the molecule is CC(C)(C)CCCC(O)CCCC(C)(C)C(=O)O. The molecule has 18 heavy (non-hydrogen) atoms. The van der Waals surface area contributed by atoms with Crippen molar-refractivity contribution in [2.75, 3.05) is 0 Å². The third-order valence-corrected chi connectivity index (χ3v) is 3.38. The van der Waals surface area contributed by atoms with Crippen molar-refractivity contribution < 1.29 is 15.0 Å². The summed E-state index contributed by atoms with van der Waals surface area (Å²) in [4.78, 5) is 10.9. The second-order valence-corrected chi connectivity index (χ2v) is 7.19. The Morgan fingerprint density at radius 1 is 1.00 bits per heavy atom. The van der Waals surface area contributed by atoms with Crippen molar-refractivity contribution in [3.63, 3.8) is 0 Å². The van der Waals surface area contributed by atoms with E-state index >= 15 is 0 Å². The number of hydrogen-bond acceptors (Lipinski definition) is 2. The van der Waals surface area contributed by atoms with E-state index in [2.05, 4.69) is 20.8 Å². The van der Waals surface area contributed by atoms with E-state index in [0.29, 0.717) is 18.3 Å². The highest BCUT2D eigenvalue weighted by Gasteiger charge is 2.26. The third-order valence-electron chi connectivity index (χ3n) is 3.38. The largest absolute Gasteiger partial charge is 0.481 e. The highest BCUT2D eigenvalue weighted by atomic mass is 16.4. The van der Waals surface area contributed by atoms with Crippen LogP contribution in [0.5, 0.6) is 0 Å². The molecular weight excluding hydrogens is 228 g/mol. The van der Waals surface area contributed by atoms with E-state index in [9.17, 15) is 9.90 Å². The van der Waals surface area contributed by atoms with E-state index < -0.39 is 11.4 Å². The highest BCUT2D eigenvalue weighted by Crippen LogP contribution is 2.25. The van der Waals surface area contributed by atoms with Gasteiger partial charge in [0.2, 0.25) is 0 Å². The van der Waals surface area contributed by atoms with Crippen LogP contribution in [0.2, 0.25) is 0 Å². The van der Waals surface area contributed by atoms with Gasteiger partial charge in [-0.15, -0.1) is 0 Å². The van der Waals surface area contributed by atoms with Crippen LogP contribution in [0.3, 0.4) is 0 Å². The maximum absolute atomic E-state index is 10.9. The third kappa shape index (κ3) is 8.51. The lowest BCUT2D eigenvalue weighted by Gasteiger charge is -2.21. The minimum Gasteiger partial charge on any atom is -0.481 e. The van der Waals surface area contributed by atoms with Gasteiger partial charge in [-0.25, -0.2) is 0 Å². The molecule has 0 aliphatic rings. The summed E-state index contributed by atoms with van der Waals surface area (Å²) in [7, 11) is 0. The van der Waals surface area contributed by atoms with Gasteiger partial charge in [-0.3, -0.25) is 4.79 Å². The fourth-order valence-electron chi connectivity index (χ4n) is 1.90. The van der Waals surface area contributed by atoms with Crippen LogP contribution < -0.4 is 0 Å². The number of carboxylic acids is 1. The number of carboxylic acid groups (broad SMARTS) is 1. The lowest BCUT2D eigenvalue weighted by atomic mass is 9.86. The van der Waals surface area contributed by atoms with Gasteiger partial charge in [-0.1, -0.05) is 27.2 Å². The maximum atomic E-state index is 10.9. The fraction of sp³-hybridized carbons (Fsp3) is 0.933. The first kappa shape index (κ1) is 17.4. The molecule has 0 rings (SSSR count). The molecule has 1 unspecified atom stereocenters. The molecule has 0 spiro atoms. The average Bonchev–Trinajstić information content (AvgIpc) is 2.14. The van der Waals surface area contributed by atoms with Crippen molar-refractivity contribution in [2.24, 2.45) is 10.8 Å². The molecule has 0 saturated heterocycles. The van der Waals surface area contributed by atoms with Gasteiger partial charge < -0.3 is 10.2 Å². The lowest BCUT2D eigenvalue weighted by Crippen LogP contribution is -2.24. The van der Waals surface area contributed by atoms with Crippen molar-refractivity contribution in [1.82, 2.24) is 0 Å². The number of aliphatic hydroxyl groups is 1. The summed E-state index contributed by atoms with van der Waals surface area (Å²) in [6.45, 7) is 10.1. The Bertz CT molecular complexity index is 251. The van der Waals surface area contributed by atoms with Gasteiger partial charge in [0, 0.05) is 0 Å². The van der Waals surface area contributed by atoms with Crippen LogP contribution in [0.4, 0.5) is 0 Å². The zero-order chi connectivity index (χ0) is 14.4. The highest BCUT2D eigenvalue weighted by molar-refractivity contribution is 5.73. The summed E-state index contributed by atoms with van der Waals surface area (Å²) < 4.78 is 0. The van der Waals surface area contributed by atoms with Gasteiger partial charge in [0.05, 0.1) is 11.5 Å². The first-order valence-corrected chi connectivity index (χ1v) is 6.96. The van der Waals surface area contributed by atoms with Crippen molar-refractivity contribution in [3.05, 3.63) is 0 Å². The number of carbonyl (C=O) groups is 1. The Morgan fingerprint density at radius 3 is 1.83 bits per heavy atom. The molecule has 0 amide bonds. The summed E-state index contributed by atoms with van der Waals surface area (Å²) in [5, 5.41) is 18.8. The van der Waals surface area contributed by atoms with Gasteiger partial charge in [0.1, 0.15) is 0 Å². The summed E-state index contributed by atoms with van der Waals surface area (Å²) in [6.07, 6.45) is 4.80. The molecular formula is C15H30O3. The minimum atomic E-state index is -0.760. The van der Waals surface area contributed by atoms with E-state index in [-0.39, 0.29) is 6.10 Å². The molecule has 0 fully saturated rings. The van der Waals surface area contributed by atoms with Gasteiger partial charge in [-0.2, -0.15) is 0 Å². The van der Waals surface area contributed by atoms with Gasteiger partial charge in [0.15, 0.2) is 0 Å². The molecule has 0 aliphatic carbocycles. The van der Waals surface area contributed by atoms with E-state index in [1.54, 1.807) is 13.8 Å². The van der Waals surface area contributed by atoms with Crippen LogP contribution in [0.25, 0.3) is 0 Å². The molecule has 1 atom stereocenters. The molecule has 2 N–H and O–H groups in total. The molecule has 0 saturated carbocycles. The zero-order valence-corrected chi connectivity index (χ0v) is 12.6. The lowest BCUT2D eigenvalue weighted by molar-refractivity contribution is -0.147. The van der Waals surface area contributed by atoms with Crippen LogP contribution in [0.15, 0.2) is 0 Å². The molecule has 0 aromatic rings. The van der Waals surface area contributed by atoms with Gasteiger partial charge in [-0.05, 0) is 51.4 Å². The Balaban J connectivity index is 3.72. The average molecular weight is 258 g/mol. The molecule has 0 heterocycles. The monoisotopic (exact) mass is 258 g/mol. The molecule has 0 bridgehead atoms. The maximum Gasteiger partial charge on any atom is 0.309 e. The normalized spacial score (nSPS) is 14.6. The topological polar surface area (TPSA) is 57.5 Å². The predicted molar refractivity (Wildman–Crippen MR) is 74.6 cm³/mol. The van der Waals surface area contributed by atoms with E-state index in [1.165, 1.54) is 0 Å². The molecule has 0 aromatic heterocycles. The van der Waals surface area contributed by atoms with Crippen molar-refractivity contribution in [2.45, 2.75) is 79.2 Å². The van der Waals surface area contributed by atoms with Crippen LogP contribution in [0, 0.1) is 10.8 Å². The van der Waals surface area contributed by atoms with E-state index in [4.69, 9.17) is 5.11 Å². The second kappa shape index (κ2) is 7.13. The molecule has 3 heteroatoms. The minimum absolute atomic E-state index is 0.281. The predicted octanol–water partition coefficient (Wildman–Crippen LogP) is 3.84. The summed E-state index contributed by atoms with van der Waals surface area (Å²) in [6, 6.07) is 0. The smallest absolute Gasteiger partial charge is 0.309 e. The van der Waals surface area contributed by atoms with Gasteiger partial charge >= 0.3 is 5.97 Å². The molecule has 0 aromatic carbocycles. The number of aliphatic carboxylic acids is 1. The van der Waals surface area contributed by atoms with Gasteiger partial charge in [0.25, 0.3) is 0 Å². The number of rotatable bonds is 8. The first-order valence-electron chi connectivity index (χ1n) is 6.96. The Kier molecular flexibility index (Phi) is 6.90. The Hall–Kier alpha value is -0.570. The summed E-state index contributed by atoms with van der Waals surface area (Å²) in [5.41, 5.74) is -0.351. The number of hydrogen-bond donors (Lipinski definition) is 2. The van der Waals surface area contributed by atoms with Crippen LogP contribution in [0.1, 0.15) is 73.1 Å². The molecule has 108 valence electrons. The fourth-order valence-corrected chi connectivity index (χ4v) is 1.90. The second-order valence-electron chi connectivity index (χ2n) is 7.19. The standard InChI is InChI=1S/C15H30O3/c1-14(2,3)10-6-8-12(16)9-7-11-15(4,5)13(17)18/h12,16H,6-11H2,1-5H3,(H,17,18). The van der Waals surface area contributed by atoms with Crippen LogP contribution in [-0.4, -0.2) is 22.3 Å². The van der Waals surface area contributed by atoms with Crippen molar-refractivity contribution in [3.8, 4) is 0 Å².